The molecule has 11 aromatic rings. The normalized spacial score (nSPS) is 11.6. The molecule has 0 saturated carbocycles. The zero-order valence-corrected chi connectivity index (χ0v) is 30.2. The van der Waals surface area contributed by atoms with Crippen molar-refractivity contribution < 1.29 is 0 Å². The Labute approximate surface area is 322 Å². The van der Waals surface area contributed by atoms with E-state index >= 15 is 0 Å². The molecule has 0 atom stereocenters. The van der Waals surface area contributed by atoms with Gasteiger partial charge in [0.15, 0.2) is 5.82 Å². The van der Waals surface area contributed by atoms with Crippen molar-refractivity contribution in [2.75, 3.05) is 0 Å². The average Bonchev–Trinajstić information content (AvgIpc) is 3.79. The Morgan fingerprint density at radius 1 is 0.339 bits per heavy atom. The van der Waals surface area contributed by atoms with E-state index in [0.717, 1.165) is 72.4 Å². The highest BCUT2D eigenvalue weighted by Gasteiger charge is 2.24. The molecule has 0 aliphatic carbocycles. The molecule has 11 rings (SSSR count). The molecule has 5 heterocycles. The van der Waals surface area contributed by atoms with Crippen LogP contribution in [0.15, 0.2) is 195 Å². The van der Waals surface area contributed by atoms with Crippen molar-refractivity contribution in [3.8, 4) is 56.4 Å². The van der Waals surface area contributed by atoms with Gasteiger partial charge in [-0.05, 0) is 83.9 Å². The summed E-state index contributed by atoms with van der Waals surface area (Å²) in [6, 6.07) is 59.7. The Morgan fingerprint density at radius 2 is 0.804 bits per heavy atom. The van der Waals surface area contributed by atoms with E-state index in [2.05, 4.69) is 146 Å². The summed E-state index contributed by atoms with van der Waals surface area (Å²) in [5.41, 5.74) is 13.1. The summed E-state index contributed by atoms with van der Waals surface area (Å²) in [5, 5.41) is 4.75. The van der Waals surface area contributed by atoms with Crippen LogP contribution in [0.25, 0.3) is 100 Å². The van der Waals surface area contributed by atoms with Crippen LogP contribution in [0.2, 0.25) is 0 Å². The molecule has 0 radical (unpaired) electrons. The first kappa shape index (κ1) is 31.8. The minimum Gasteiger partial charge on any atom is -0.309 e. The highest BCUT2D eigenvalue weighted by atomic mass is 15.1. The minimum atomic E-state index is 0.638. The molecule has 6 nitrogen and oxygen atoms in total. The van der Waals surface area contributed by atoms with E-state index in [1.807, 2.05) is 54.9 Å². The summed E-state index contributed by atoms with van der Waals surface area (Å²) in [4.78, 5) is 19.7. The average molecular weight is 717 g/mol. The van der Waals surface area contributed by atoms with E-state index in [1.54, 1.807) is 12.4 Å². The molecule has 0 amide bonds. The van der Waals surface area contributed by atoms with Gasteiger partial charge in [-0.25, -0.2) is 9.97 Å². The van der Waals surface area contributed by atoms with Gasteiger partial charge in [-0.3, -0.25) is 9.97 Å². The number of benzene rings is 6. The lowest BCUT2D eigenvalue weighted by molar-refractivity contribution is 1.09. The van der Waals surface area contributed by atoms with Crippen LogP contribution in [-0.2, 0) is 0 Å². The van der Waals surface area contributed by atoms with Crippen molar-refractivity contribution >= 4 is 43.6 Å². The topological polar surface area (TPSA) is 61.4 Å². The maximum absolute atomic E-state index is 5.32. The van der Waals surface area contributed by atoms with Crippen molar-refractivity contribution in [1.82, 2.24) is 29.1 Å². The number of aromatic nitrogens is 6. The first-order valence-corrected chi connectivity index (χ1v) is 18.7. The van der Waals surface area contributed by atoms with Gasteiger partial charge in [-0.1, -0.05) is 97.1 Å². The monoisotopic (exact) mass is 716 g/mol. The second kappa shape index (κ2) is 13.0. The van der Waals surface area contributed by atoms with Crippen molar-refractivity contribution in [2.24, 2.45) is 0 Å². The summed E-state index contributed by atoms with van der Waals surface area (Å²) in [6.07, 6.45) is 7.35. The molecule has 5 aromatic heterocycles. The van der Waals surface area contributed by atoms with Crippen LogP contribution < -0.4 is 0 Å². The number of nitrogens with zero attached hydrogens (tertiary/aromatic N) is 6. The molecule has 262 valence electrons. The highest BCUT2D eigenvalue weighted by Crippen LogP contribution is 2.42. The Hall–Kier alpha value is -7.70. The van der Waals surface area contributed by atoms with Gasteiger partial charge < -0.3 is 9.13 Å². The number of hydrogen-bond donors (Lipinski definition) is 0. The fourth-order valence-electron chi connectivity index (χ4n) is 8.19. The third kappa shape index (κ3) is 5.11. The third-order valence-electron chi connectivity index (χ3n) is 10.7. The lowest BCUT2D eigenvalue weighted by atomic mass is 10.0. The predicted molar refractivity (Wildman–Crippen MR) is 228 cm³/mol. The number of hydrogen-bond acceptors (Lipinski definition) is 4. The fraction of sp³-hybridized carbons (Fsp3) is 0. The summed E-state index contributed by atoms with van der Waals surface area (Å²) in [5.74, 6) is 0.638. The largest absolute Gasteiger partial charge is 0.309 e. The molecule has 0 saturated heterocycles. The SMILES string of the molecule is c1ccc(-c2nc(-c3cccnc3)c(-n3c4ccccc4c4cc(-c5ccc6c(c5)c5ccccc5n6-c5ccccc5)ccc43)c(-c3cccnc3)n2)cc1. The van der Waals surface area contributed by atoms with Crippen LogP contribution in [-0.4, -0.2) is 29.1 Å². The van der Waals surface area contributed by atoms with Crippen LogP contribution in [0.1, 0.15) is 0 Å². The smallest absolute Gasteiger partial charge is 0.160 e. The summed E-state index contributed by atoms with van der Waals surface area (Å²) in [6.45, 7) is 0. The highest BCUT2D eigenvalue weighted by molar-refractivity contribution is 6.13. The molecule has 0 bridgehead atoms. The van der Waals surface area contributed by atoms with E-state index in [0.29, 0.717) is 5.82 Å². The van der Waals surface area contributed by atoms with Crippen molar-refractivity contribution in [1.29, 1.82) is 0 Å². The molecule has 0 aliphatic rings. The third-order valence-corrected chi connectivity index (χ3v) is 10.7. The van der Waals surface area contributed by atoms with Gasteiger partial charge in [-0.2, -0.15) is 0 Å². The van der Waals surface area contributed by atoms with Gasteiger partial charge in [0.1, 0.15) is 11.4 Å². The zero-order chi connectivity index (χ0) is 37.0. The number of rotatable bonds is 6. The molecule has 56 heavy (non-hydrogen) atoms. The van der Waals surface area contributed by atoms with Crippen LogP contribution in [0, 0.1) is 0 Å². The predicted octanol–water partition coefficient (Wildman–Crippen LogP) is 12.1. The van der Waals surface area contributed by atoms with Gasteiger partial charge in [0.2, 0.25) is 0 Å². The zero-order valence-electron chi connectivity index (χ0n) is 30.2. The van der Waals surface area contributed by atoms with Crippen LogP contribution >= 0.6 is 0 Å². The second-order valence-corrected chi connectivity index (χ2v) is 13.9. The molecule has 0 unspecified atom stereocenters. The Bertz CT molecular complexity index is 3160. The number of fused-ring (bicyclic) bond motifs is 6. The van der Waals surface area contributed by atoms with Crippen molar-refractivity contribution in [3.63, 3.8) is 0 Å². The molecular formula is C50H32N6. The maximum atomic E-state index is 5.32. The molecule has 6 aromatic carbocycles. The minimum absolute atomic E-state index is 0.638. The fourth-order valence-corrected chi connectivity index (χ4v) is 8.19. The van der Waals surface area contributed by atoms with Crippen LogP contribution in [0.4, 0.5) is 0 Å². The van der Waals surface area contributed by atoms with Gasteiger partial charge in [0, 0.05) is 68.7 Å². The summed E-state index contributed by atoms with van der Waals surface area (Å²) >= 11 is 0. The van der Waals surface area contributed by atoms with Gasteiger partial charge in [-0.15, -0.1) is 0 Å². The van der Waals surface area contributed by atoms with Gasteiger partial charge in [0.05, 0.1) is 27.8 Å². The van der Waals surface area contributed by atoms with Gasteiger partial charge in [0.25, 0.3) is 0 Å². The molecular weight excluding hydrogens is 685 g/mol. The first-order valence-electron chi connectivity index (χ1n) is 18.7. The lowest BCUT2D eigenvalue weighted by Gasteiger charge is -2.19. The summed E-state index contributed by atoms with van der Waals surface area (Å²) < 4.78 is 4.68. The van der Waals surface area contributed by atoms with Crippen LogP contribution in [0.3, 0.4) is 0 Å². The van der Waals surface area contributed by atoms with E-state index in [4.69, 9.17) is 9.97 Å². The quantitative estimate of drug-likeness (QED) is 0.172. The van der Waals surface area contributed by atoms with Crippen molar-refractivity contribution in [2.45, 2.75) is 0 Å². The standard InChI is InChI=1S/C50H32N6/c1-3-13-33(14-4-1)50-53-47(36-15-11-27-51-31-36)49(48(54-50)37-16-12-28-52-32-37)56-44-22-10-8-20-40(44)42-30-35(24-26-46(42)56)34-23-25-45-41(29-34)39-19-7-9-21-43(39)55(45)38-17-5-2-6-18-38/h1-32H. The molecule has 0 fully saturated rings. The molecule has 6 heteroatoms. The van der Waals surface area contributed by atoms with Crippen molar-refractivity contribution in [3.05, 3.63) is 195 Å². The lowest BCUT2D eigenvalue weighted by Crippen LogP contribution is -2.07. The second-order valence-electron chi connectivity index (χ2n) is 13.9. The molecule has 0 aliphatic heterocycles. The Morgan fingerprint density at radius 3 is 1.36 bits per heavy atom. The van der Waals surface area contributed by atoms with Crippen LogP contribution in [0.5, 0.6) is 0 Å². The van der Waals surface area contributed by atoms with Gasteiger partial charge >= 0.3 is 0 Å². The Kier molecular flexibility index (Phi) is 7.38. The summed E-state index contributed by atoms with van der Waals surface area (Å²) in [7, 11) is 0. The number of para-hydroxylation sites is 3. The molecule has 0 N–H and O–H groups in total. The van der Waals surface area contributed by atoms with E-state index in [1.165, 1.54) is 21.8 Å². The Balaban J connectivity index is 1.17. The van der Waals surface area contributed by atoms with E-state index in [-0.39, 0.29) is 0 Å². The molecule has 0 spiro atoms. The maximum Gasteiger partial charge on any atom is 0.160 e. The van der Waals surface area contributed by atoms with E-state index in [9.17, 15) is 0 Å². The first-order chi connectivity index (χ1) is 27.8. The number of pyridine rings is 2. The van der Waals surface area contributed by atoms with E-state index < -0.39 is 0 Å².